The van der Waals surface area contributed by atoms with Gasteiger partial charge in [-0.25, -0.2) is 16.8 Å². The van der Waals surface area contributed by atoms with Gasteiger partial charge in [0, 0.05) is 12.2 Å². The molecular formula is C17H20N2O4S2. The Bertz CT molecular complexity index is 997. The molecule has 0 amide bonds. The summed E-state index contributed by atoms with van der Waals surface area (Å²) in [5.74, 6) is 0. The lowest BCUT2D eigenvalue weighted by atomic mass is 10.0. The number of hydrogen-bond donors (Lipinski definition) is 1. The maximum Gasteiger partial charge on any atom is 0.261 e. The van der Waals surface area contributed by atoms with Gasteiger partial charge in [0.25, 0.3) is 10.0 Å². The second kappa shape index (κ2) is 6.34. The van der Waals surface area contributed by atoms with Crippen molar-refractivity contribution in [3.63, 3.8) is 0 Å². The van der Waals surface area contributed by atoms with E-state index in [0.717, 1.165) is 11.1 Å². The zero-order valence-corrected chi connectivity index (χ0v) is 15.7. The molecule has 0 saturated heterocycles. The molecule has 0 atom stereocenters. The molecule has 1 aliphatic rings. The minimum Gasteiger partial charge on any atom is -0.280 e. The summed E-state index contributed by atoms with van der Waals surface area (Å²) in [6, 6.07) is 11.6. The van der Waals surface area contributed by atoms with Crippen LogP contribution in [0.25, 0.3) is 0 Å². The number of sulfonamides is 2. The smallest absolute Gasteiger partial charge is 0.261 e. The van der Waals surface area contributed by atoms with Crippen molar-refractivity contribution in [2.45, 2.75) is 24.7 Å². The van der Waals surface area contributed by atoms with Crippen molar-refractivity contribution in [2.24, 2.45) is 0 Å². The predicted octanol–water partition coefficient (Wildman–Crippen LogP) is 2.51. The Morgan fingerprint density at radius 1 is 1.00 bits per heavy atom. The Balaban J connectivity index is 1.91. The lowest BCUT2D eigenvalue weighted by Gasteiger charge is -2.29. The average Bonchev–Trinajstić information content (AvgIpc) is 2.53. The fraction of sp³-hybridized carbons (Fsp3) is 0.294. The molecule has 0 aliphatic carbocycles. The van der Waals surface area contributed by atoms with E-state index < -0.39 is 20.0 Å². The molecule has 1 N–H and O–H groups in total. The maximum absolute atomic E-state index is 12.5. The number of nitrogens with zero attached hydrogens (tertiary/aromatic N) is 1. The summed E-state index contributed by atoms with van der Waals surface area (Å²) in [5.41, 5.74) is 2.84. The highest BCUT2D eigenvalue weighted by Gasteiger charge is 2.24. The first kappa shape index (κ1) is 17.8. The van der Waals surface area contributed by atoms with E-state index in [-0.39, 0.29) is 4.90 Å². The van der Waals surface area contributed by atoms with E-state index in [1.54, 1.807) is 42.5 Å². The van der Waals surface area contributed by atoms with Crippen LogP contribution in [0.3, 0.4) is 0 Å². The Labute approximate surface area is 148 Å². The van der Waals surface area contributed by atoms with Crippen molar-refractivity contribution >= 4 is 31.4 Å². The third kappa shape index (κ3) is 3.80. The molecule has 0 saturated carbocycles. The van der Waals surface area contributed by atoms with Crippen molar-refractivity contribution in [1.82, 2.24) is 0 Å². The number of rotatable bonds is 4. The predicted molar refractivity (Wildman–Crippen MR) is 98.9 cm³/mol. The zero-order chi connectivity index (χ0) is 18.2. The molecule has 134 valence electrons. The molecule has 2 aromatic rings. The molecular weight excluding hydrogens is 360 g/mol. The van der Waals surface area contributed by atoms with Gasteiger partial charge in [0.2, 0.25) is 10.0 Å². The SMILES string of the molecule is Cc1ccc(S(=O)(=O)Nc2ccc3c(c2)CCCN3S(C)(=O)=O)cc1. The monoisotopic (exact) mass is 380 g/mol. The van der Waals surface area contributed by atoms with E-state index in [1.165, 1.54) is 10.6 Å². The van der Waals surface area contributed by atoms with E-state index in [4.69, 9.17) is 0 Å². The van der Waals surface area contributed by atoms with Gasteiger partial charge in [-0.1, -0.05) is 17.7 Å². The Kier molecular flexibility index (Phi) is 4.51. The van der Waals surface area contributed by atoms with Gasteiger partial charge in [0.15, 0.2) is 0 Å². The second-order valence-corrected chi connectivity index (χ2v) is 9.79. The van der Waals surface area contributed by atoms with Crippen LogP contribution in [-0.4, -0.2) is 29.6 Å². The topological polar surface area (TPSA) is 83.6 Å². The number of fused-ring (bicyclic) bond motifs is 1. The maximum atomic E-state index is 12.5. The summed E-state index contributed by atoms with van der Waals surface area (Å²) in [6.45, 7) is 2.33. The number of anilines is 2. The van der Waals surface area contributed by atoms with Crippen LogP contribution in [0.15, 0.2) is 47.4 Å². The van der Waals surface area contributed by atoms with Gasteiger partial charge in [-0.15, -0.1) is 0 Å². The van der Waals surface area contributed by atoms with E-state index in [9.17, 15) is 16.8 Å². The summed E-state index contributed by atoms with van der Waals surface area (Å²) in [7, 11) is -7.02. The molecule has 1 heterocycles. The van der Waals surface area contributed by atoms with Crippen LogP contribution >= 0.6 is 0 Å². The molecule has 0 spiro atoms. The van der Waals surface area contributed by atoms with Crippen LogP contribution in [-0.2, 0) is 26.5 Å². The Hall–Kier alpha value is -2.06. The van der Waals surface area contributed by atoms with Crippen LogP contribution in [0.2, 0.25) is 0 Å². The van der Waals surface area contributed by atoms with Crippen molar-refractivity contribution < 1.29 is 16.8 Å². The number of hydrogen-bond acceptors (Lipinski definition) is 4. The molecule has 3 rings (SSSR count). The fourth-order valence-corrected chi connectivity index (χ4v) is 4.95. The number of nitrogens with one attached hydrogen (secondary N) is 1. The Morgan fingerprint density at radius 2 is 1.68 bits per heavy atom. The summed E-state index contributed by atoms with van der Waals surface area (Å²) >= 11 is 0. The Morgan fingerprint density at radius 3 is 2.32 bits per heavy atom. The quantitative estimate of drug-likeness (QED) is 0.883. The molecule has 0 aromatic heterocycles. The molecule has 1 aliphatic heterocycles. The van der Waals surface area contributed by atoms with E-state index in [2.05, 4.69) is 4.72 Å². The highest BCUT2D eigenvalue weighted by molar-refractivity contribution is 7.92. The first-order chi connectivity index (χ1) is 11.7. The average molecular weight is 380 g/mol. The van der Waals surface area contributed by atoms with Gasteiger partial charge in [0.05, 0.1) is 16.8 Å². The van der Waals surface area contributed by atoms with Crippen molar-refractivity contribution in [3.8, 4) is 0 Å². The summed E-state index contributed by atoms with van der Waals surface area (Å²) in [6.07, 6.45) is 2.59. The molecule has 0 bridgehead atoms. The van der Waals surface area contributed by atoms with Crippen LogP contribution in [0.4, 0.5) is 11.4 Å². The molecule has 6 nitrogen and oxygen atoms in total. The van der Waals surface area contributed by atoms with Gasteiger partial charge < -0.3 is 0 Å². The molecule has 0 unspecified atom stereocenters. The molecule has 0 fully saturated rings. The van der Waals surface area contributed by atoms with Gasteiger partial charge in [0.1, 0.15) is 0 Å². The van der Waals surface area contributed by atoms with E-state index in [1.807, 2.05) is 6.92 Å². The summed E-state index contributed by atoms with van der Waals surface area (Å²) in [4.78, 5) is 0.189. The highest BCUT2D eigenvalue weighted by atomic mass is 32.2. The molecule has 0 radical (unpaired) electrons. The minimum atomic E-state index is -3.68. The van der Waals surface area contributed by atoms with Crippen molar-refractivity contribution in [1.29, 1.82) is 0 Å². The number of aryl methyl sites for hydroxylation is 2. The highest BCUT2D eigenvalue weighted by Crippen LogP contribution is 2.32. The standard InChI is InChI=1S/C17H20N2O4S2/c1-13-5-8-16(9-6-13)25(22,23)18-15-7-10-17-14(12-15)4-3-11-19(17)24(2,20)21/h5-10,12,18H,3-4,11H2,1-2H3. The lowest BCUT2D eigenvalue weighted by Crippen LogP contribution is -2.34. The third-order valence-electron chi connectivity index (χ3n) is 4.14. The molecule has 8 heteroatoms. The van der Waals surface area contributed by atoms with Gasteiger partial charge in [-0.2, -0.15) is 0 Å². The van der Waals surface area contributed by atoms with Crippen LogP contribution in [0, 0.1) is 6.92 Å². The van der Waals surface area contributed by atoms with Crippen LogP contribution in [0.1, 0.15) is 17.5 Å². The zero-order valence-electron chi connectivity index (χ0n) is 14.1. The normalized spacial score (nSPS) is 14.9. The minimum absolute atomic E-state index is 0.189. The largest absolute Gasteiger partial charge is 0.280 e. The lowest BCUT2D eigenvalue weighted by molar-refractivity contribution is 0.592. The van der Waals surface area contributed by atoms with Gasteiger partial charge >= 0.3 is 0 Å². The van der Waals surface area contributed by atoms with Gasteiger partial charge in [-0.05, 0) is 55.7 Å². The summed E-state index contributed by atoms with van der Waals surface area (Å²) in [5, 5.41) is 0. The number of benzene rings is 2. The van der Waals surface area contributed by atoms with E-state index >= 15 is 0 Å². The molecule has 25 heavy (non-hydrogen) atoms. The van der Waals surface area contributed by atoms with Crippen molar-refractivity contribution in [2.75, 3.05) is 21.8 Å². The van der Waals surface area contributed by atoms with Crippen LogP contribution < -0.4 is 9.03 Å². The van der Waals surface area contributed by atoms with Crippen LogP contribution in [0.5, 0.6) is 0 Å². The van der Waals surface area contributed by atoms with Crippen molar-refractivity contribution in [3.05, 3.63) is 53.6 Å². The fourth-order valence-electron chi connectivity index (χ4n) is 2.90. The van der Waals surface area contributed by atoms with Gasteiger partial charge in [-0.3, -0.25) is 9.03 Å². The molecule has 2 aromatic carbocycles. The second-order valence-electron chi connectivity index (χ2n) is 6.20. The first-order valence-electron chi connectivity index (χ1n) is 7.87. The first-order valence-corrected chi connectivity index (χ1v) is 11.2. The van der Waals surface area contributed by atoms with E-state index in [0.29, 0.717) is 30.8 Å². The summed E-state index contributed by atoms with van der Waals surface area (Å²) < 4.78 is 52.7. The third-order valence-corrected chi connectivity index (χ3v) is 6.72.